The number of amides is 1. The highest BCUT2D eigenvalue weighted by Gasteiger charge is 2.40. The molecule has 0 aliphatic carbocycles. The number of hydrogen-bond donors (Lipinski definition) is 1. The molecule has 14 heavy (non-hydrogen) atoms. The van der Waals surface area contributed by atoms with Crippen LogP contribution >= 0.6 is 11.6 Å². The number of carbonyl (C=O) groups excluding carboxylic acids is 1. The largest absolute Gasteiger partial charge is 0.355 e. The van der Waals surface area contributed by atoms with Gasteiger partial charge in [-0.1, -0.05) is 29.8 Å². The van der Waals surface area contributed by atoms with Gasteiger partial charge in [-0.2, -0.15) is 0 Å². The minimum Gasteiger partial charge on any atom is -0.355 e. The molecule has 74 valence electrons. The fraction of sp³-hybridized carbons (Fsp3) is 0.364. The summed E-state index contributed by atoms with van der Waals surface area (Å²) >= 11 is 6.08. The van der Waals surface area contributed by atoms with E-state index in [-0.39, 0.29) is 5.91 Å². The lowest BCUT2D eigenvalue weighted by atomic mass is 9.81. The summed E-state index contributed by atoms with van der Waals surface area (Å²) < 4.78 is 0. The van der Waals surface area contributed by atoms with Crippen LogP contribution in [-0.2, 0) is 10.2 Å². The van der Waals surface area contributed by atoms with Crippen LogP contribution in [0.3, 0.4) is 0 Å². The van der Waals surface area contributed by atoms with Crippen LogP contribution in [0.5, 0.6) is 0 Å². The Labute approximate surface area is 88.3 Å². The van der Waals surface area contributed by atoms with Crippen molar-refractivity contribution in [2.75, 3.05) is 6.54 Å². The Morgan fingerprint density at radius 1 is 1.43 bits per heavy atom. The van der Waals surface area contributed by atoms with Crippen molar-refractivity contribution in [3.05, 3.63) is 34.9 Å². The van der Waals surface area contributed by atoms with Crippen LogP contribution in [0.4, 0.5) is 0 Å². The van der Waals surface area contributed by atoms with Crippen LogP contribution in [0.2, 0.25) is 5.02 Å². The Bertz CT molecular complexity index is 377. The van der Waals surface area contributed by atoms with Gasteiger partial charge < -0.3 is 5.32 Å². The second-order valence-corrected chi connectivity index (χ2v) is 4.23. The van der Waals surface area contributed by atoms with E-state index < -0.39 is 5.41 Å². The zero-order valence-corrected chi connectivity index (χ0v) is 8.77. The van der Waals surface area contributed by atoms with Crippen molar-refractivity contribution in [2.24, 2.45) is 0 Å². The predicted molar refractivity (Wildman–Crippen MR) is 56.4 cm³/mol. The van der Waals surface area contributed by atoms with Crippen LogP contribution in [-0.4, -0.2) is 12.5 Å². The van der Waals surface area contributed by atoms with E-state index >= 15 is 0 Å². The summed E-state index contributed by atoms with van der Waals surface area (Å²) in [4.78, 5) is 11.7. The zero-order chi connectivity index (χ0) is 10.2. The topological polar surface area (TPSA) is 29.1 Å². The molecule has 2 nitrogen and oxygen atoms in total. The van der Waals surface area contributed by atoms with Crippen LogP contribution < -0.4 is 5.32 Å². The molecule has 1 heterocycles. The summed E-state index contributed by atoms with van der Waals surface area (Å²) in [6.07, 6.45) is 0.815. The zero-order valence-electron chi connectivity index (χ0n) is 8.01. The summed E-state index contributed by atoms with van der Waals surface area (Å²) in [6, 6.07) is 7.54. The van der Waals surface area contributed by atoms with Crippen molar-refractivity contribution in [3.63, 3.8) is 0 Å². The second-order valence-electron chi connectivity index (χ2n) is 3.82. The van der Waals surface area contributed by atoms with Gasteiger partial charge in [0, 0.05) is 11.6 Å². The predicted octanol–water partition coefficient (Wildman–Crippen LogP) is 2.12. The Balaban J connectivity index is 2.48. The van der Waals surface area contributed by atoms with Crippen molar-refractivity contribution in [1.29, 1.82) is 0 Å². The quantitative estimate of drug-likeness (QED) is 0.754. The highest BCUT2D eigenvalue weighted by Crippen LogP contribution is 2.35. The fourth-order valence-corrected chi connectivity index (χ4v) is 2.24. The lowest BCUT2D eigenvalue weighted by Crippen LogP contribution is -2.32. The van der Waals surface area contributed by atoms with E-state index in [9.17, 15) is 4.79 Å². The molecule has 0 radical (unpaired) electrons. The standard InChI is InChI=1S/C11H12ClNO/c1-11(6-7-13-10(11)14)8-4-2-3-5-9(8)12/h2-5H,6-7H2,1H3,(H,13,14). The van der Waals surface area contributed by atoms with E-state index in [4.69, 9.17) is 11.6 Å². The number of rotatable bonds is 1. The van der Waals surface area contributed by atoms with E-state index in [0.717, 1.165) is 18.5 Å². The van der Waals surface area contributed by atoms with Gasteiger partial charge in [0.1, 0.15) is 0 Å². The normalized spacial score (nSPS) is 26.3. The Kier molecular flexibility index (Phi) is 2.23. The van der Waals surface area contributed by atoms with E-state index in [1.54, 1.807) is 0 Å². The maximum absolute atomic E-state index is 11.7. The first kappa shape index (κ1) is 9.53. The van der Waals surface area contributed by atoms with Crippen molar-refractivity contribution < 1.29 is 4.79 Å². The molecule has 1 aliphatic rings. The molecule has 3 heteroatoms. The van der Waals surface area contributed by atoms with Crippen LogP contribution in [0.1, 0.15) is 18.9 Å². The molecule has 0 spiro atoms. The van der Waals surface area contributed by atoms with Crippen molar-refractivity contribution in [1.82, 2.24) is 5.32 Å². The first-order valence-corrected chi connectivity index (χ1v) is 5.06. The minimum absolute atomic E-state index is 0.0746. The number of halogens is 1. The van der Waals surface area contributed by atoms with Crippen molar-refractivity contribution in [2.45, 2.75) is 18.8 Å². The van der Waals surface area contributed by atoms with E-state index in [1.165, 1.54) is 0 Å². The molecule has 1 fully saturated rings. The lowest BCUT2D eigenvalue weighted by Gasteiger charge is -2.21. The molecular formula is C11H12ClNO. The highest BCUT2D eigenvalue weighted by molar-refractivity contribution is 6.31. The maximum Gasteiger partial charge on any atom is 0.230 e. The molecule has 1 saturated heterocycles. The monoisotopic (exact) mass is 209 g/mol. The molecule has 2 rings (SSSR count). The average Bonchev–Trinajstić information content (AvgIpc) is 2.49. The van der Waals surface area contributed by atoms with Crippen molar-refractivity contribution >= 4 is 17.5 Å². The van der Waals surface area contributed by atoms with Gasteiger partial charge in [-0.05, 0) is 25.0 Å². The summed E-state index contributed by atoms with van der Waals surface area (Å²) in [7, 11) is 0. The number of carbonyl (C=O) groups is 1. The first-order chi connectivity index (χ1) is 6.64. The SMILES string of the molecule is CC1(c2ccccc2Cl)CCNC1=O. The van der Waals surface area contributed by atoms with Crippen LogP contribution in [0.25, 0.3) is 0 Å². The summed E-state index contributed by atoms with van der Waals surface area (Å²) in [5, 5.41) is 3.51. The van der Waals surface area contributed by atoms with Crippen LogP contribution in [0, 0.1) is 0 Å². The van der Waals surface area contributed by atoms with Crippen molar-refractivity contribution in [3.8, 4) is 0 Å². The second kappa shape index (κ2) is 3.28. The number of hydrogen-bond acceptors (Lipinski definition) is 1. The molecule has 0 saturated carbocycles. The van der Waals surface area contributed by atoms with Gasteiger partial charge in [0.2, 0.25) is 5.91 Å². The maximum atomic E-state index is 11.7. The molecule has 1 N–H and O–H groups in total. The van der Waals surface area contributed by atoms with E-state index in [0.29, 0.717) is 5.02 Å². The molecule has 0 bridgehead atoms. The van der Waals surface area contributed by atoms with Gasteiger partial charge in [-0.25, -0.2) is 0 Å². The number of benzene rings is 1. The van der Waals surface area contributed by atoms with Gasteiger partial charge >= 0.3 is 0 Å². The van der Waals surface area contributed by atoms with Gasteiger partial charge in [0.05, 0.1) is 5.41 Å². The summed E-state index contributed by atoms with van der Waals surface area (Å²) in [5.41, 5.74) is 0.481. The van der Waals surface area contributed by atoms with Crippen LogP contribution in [0.15, 0.2) is 24.3 Å². The van der Waals surface area contributed by atoms with E-state index in [2.05, 4.69) is 5.32 Å². The first-order valence-electron chi connectivity index (χ1n) is 4.68. The van der Waals surface area contributed by atoms with Gasteiger partial charge in [-0.15, -0.1) is 0 Å². The minimum atomic E-state index is -0.446. The molecule has 1 aromatic rings. The summed E-state index contributed by atoms with van der Waals surface area (Å²) in [6.45, 7) is 2.68. The number of nitrogens with one attached hydrogen (secondary N) is 1. The third-order valence-corrected chi connectivity index (χ3v) is 3.21. The molecular weight excluding hydrogens is 198 g/mol. The Morgan fingerprint density at radius 2 is 2.14 bits per heavy atom. The molecule has 1 amide bonds. The molecule has 1 atom stereocenters. The molecule has 0 aromatic heterocycles. The highest BCUT2D eigenvalue weighted by atomic mass is 35.5. The van der Waals surface area contributed by atoms with E-state index in [1.807, 2.05) is 31.2 Å². The Morgan fingerprint density at radius 3 is 2.71 bits per heavy atom. The van der Waals surface area contributed by atoms with Gasteiger partial charge in [0.15, 0.2) is 0 Å². The van der Waals surface area contributed by atoms with Gasteiger partial charge in [0.25, 0.3) is 0 Å². The molecule has 1 aliphatic heterocycles. The molecule has 1 unspecified atom stereocenters. The Hall–Kier alpha value is -1.02. The molecule has 1 aromatic carbocycles. The van der Waals surface area contributed by atoms with Gasteiger partial charge in [-0.3, -0.25) is 4.79 Å². The lowest BCUT2D eigenvalue weighted by molar-refractivity contribution is -0.123. The average molecular weight is 210 g/mol. The summed E-state index contributed by atoms with van der Waals surface area (Å²) in [5.74, 6) is 0.0746. The third kappa shape index (κ3) is 1.30. The smallest absolute Gasteiger partial charge is 0.230 e. The fourth-order valence-electron chi connectivity index (χ4n) is 1.90. The third-order valence-electron chi connectivity index (χ3n) is 2.88.